The second-order valence-electron chi connectivity index (χ2n) is 3.77. The number of aliphatic hydroxyl groups is 4. The molecule has 1 fully saturated rings. The molecule has 2 unspecified atom stereocenters. The van der Waals surface area contributed by atoms with Crippen LogP contribution in [-0.4, -0.2) is 61.8 Å². The molecule has 2 rings (SSSR count). The highest BCUT2D eigenvalue weighted by Gasteiger charge is 2.44. The molecule has 0 spiro atoms. The maximum atomic E-state index is 9.83. The molecule has 90 valence electrons. The van der Waals surface area contributed by atoms with Crippen molar-refractivity contribution >= 4 is 0 Å². The number of hydrogen-bond acceptors (Lipinski definition) is 6. The van der Waals surface area contributed by atoms with Gasteiger partial charge in [0, 0.05) is 11.9 Å². The summed E-state index contributed by atoms with van der Waals surface area (Å²) in [7, 11) is 0. The lowest BCUT2D eigenvalue weighted by atomic mass is 9.88. The molecule has 0 amide bonds. The van der Waals surface area contributed by atoms with Crippen LogP contribution in [0.4, 0.5) is 0 Å². The summed E-state index contributed by atoms with van der Waals surface area (Å²) < 4.78 is 5.00. The van der Waals surface area contributed by atoms with Gasteiger partial charge in [0.05, 0.1) is 18.6 Å². The van der Waals surface area contributed by atoms with Crippen LogP contribution in [-0.2, 0) is 4.74 Å². The molecule has 0 bridgehead atoms. The molecule has 7 heteroatoms. The first-order valence-electron chi connectivity index (χ1n) is 4.95. The molecule has 2 heterocycles. The molecular formula is C9H14N2O5. The lowest BCUT2D eigenvalue weighted by molar-refractivity contribution is -0.252. The Bertz CT molecular complexity index is 331. The van der Waals surface area contributed by atoms with Crippen LogP contribution in [0, 0.1) is 0 Å². The van der Waals surface area contributed by atoms with Gasteiger partial charge in [-0.1, -0.05) is 0 Å². The number of nitrogens with one attached hydrogen (secondary N) is 1. The van der Waals surface area contributed by atoms with Crippen molar-refractivity contribution in [3.8, 4) is 0 Å². The molecule has 1 saturated heterocycles. The van der Waals surface area contributed by atoms with Gasteiger partial charge < -0.3 is 25.2 Å². The van der Waals surface area contributed by atoms with Crippen molar-refractivity contribution < 1.29 is 25.2 Å². The quantitative estimate of drug-likeness (QED) is 0.398. The van der Waals surface area contributed by atoms with Crippen LogP contribution in [0.2, 0.25) is 0 Å². The molecule has 5 atom stereocenters. The van der Waals surface area contributed by atoms with Crippen LogP contribution >= 0.6 is 0 Å². The first-order chi connectivity index (χ1) is 7.65. The number of aliphatic hydroxyl groups excluding tert-OH is 4. The summed E-state index contributed by atoms with van der Waals surface area (Å²) in [5.74, 6) is -0.805. The number of H-pyrrole nitrogens is 1. The number of rotatable bonds is 2. The van der Waals surface area contributed by atoms with E-state index in [0.717, 1.165) is 0 Å². The fourth-order valence-electron chi connectivity index (χ4n) is 1.89. The van der Waals surface area contributed by atoms with Gasteiger partial charge in [0.15, 0.2) is 6.29 Å². The molecule has 0 saturated carbocycles. The standard InChI is InChI=1S/C9H14N2O5/c12-3-5-7(13)8(14)6(9(15)16-5)4-1-2-10-11-4/h1-2,5-9,12-15H,3H2,(H,10,11)/t5?,6-,7+,8-,9?/m1/s1. The smallest absolute Gasteiger partial charge is 0.166 e. The van der Waals surface area contributed by atoms with Crippen molar-refractivity contribution in [3.05, 3.63) is 18.0 Å². The SMILES string of the molecule is OCC1OC(O)[C@H](c2ccn[nH]2)[C@@H](O)[C@H]1O. The van der Waals surface area contributed by atoms with Crippen LogP contribution < -0.4 is 0 Å². The fourth-order valence-corrected chi connectivity index (χ4v) is 1.89. The highest BCUT2D eigenvalue weighted by Crippen LogP contribution is 2.31. The molecular weight excluding hydrogens is 216 g/mol. The van der Waals surface area contributed by atoms with Gasteiger partial charge in [0.2, 0.25) is 0 Å². The lowest BCUT2D eigenvalue weighted by Gasteiger charge is -2.39. The second kappa shape index (κ2) is 4.48. The Morgan fingerprint density at radius 3 is 2.62 bits per heavy atom. The van der Waals surface area contributed by atoms with Crippen molar-refractivity contribution in [2.24, 2.45) is 0 Å². The zero-order valence-corrected chi connectivity index (χ0v) is 8.39. The number of hydrogen-bond donors (Lipinski definition) is 5. The Morgan fingerprint density at radius 2 is 2.06 bits per heavy atom. The van der Waals surface area contributed by atoms with Crippen molar-refractivity contribution in [1.82, 2.24) is 10.2 Å². The van der Waals surface area contributed by atoms with E-state index in [1.54, 1.807) is 6.07 Å². The zero-order chi connectivity index (χ0) is 11.7. The minimum Gasteiger partial charge on any atom is -0.394 e. The minimum absolute atomic E-state index is 0.467. The van der Waals surface area contributed by atoms with Gasteiger partial charge >= 0.3 is 0 Å². The van der Waals surface area contributed by atoms with Crippen molar-refractivity contribution in [1.29, 1.82) is 0 Å². The first kappa shape index (κ1) is 11.5. The predicted octanol–water partition coefficient (Wildman–Crippen LogP) is -2.08. The molecule has 1 aliphatic heterocycles. The van der Waals surface area contributed by atoms with Crippen LogP contribution in [0.15, 0.2) is 12.3 Å². The number of nitrogens with zero attached hydrogens (tertiary/aromatic N) is 1. The lowest BCUT2D eigenvalue weighted by Crippen LogP contribution is -2.54. The Hall–Kier alpha value is -0.990. The van der Waals surface area contributed by atoms with E-state index in [1.165, 1.54) is 6.20 Å². The third-order valence-electron chi connectivity index (χ3n) is 2.78. The molecule has 5 N–H and O–H groups in total. The van der Waals surface area contributed by atoms with Crippen LogP contribution in [0.1, 0.15) is 11.6 Å². The van der Waals surface area contributed by atoms with E-state index in [1.807, 2.05) is 0 Å². The van der Waals surface area contributed by atoms with Gasteiger partial charge in [-0.3, -0.25) is 5.10 Å². The van der Waals surface area contributed by atoms with Gasteiger partial charge in [-0.15, -0.1) is 0 Å². The van der Waals surface area contributed by atoms with Crippen LogP contribution in [0.25, 0.3) is 0 Å². The average Bonchev–Trinajstić information content (AvgIpc) is 2.77. The summed E-state index contributed by atoms with van der Waals surface area (Å²) in [6.45, 7) is -0.467. The van der Waals surface area contributed by atoms with E-state index < -0.39 is 37.1 Å². The topological polar surface area (TPSA) is 119 Å². The van der Waals surface area contributed by atoms with Crippen LogP contribution in [0.3, 0.4) is 0 Å². The summed E-state index contributed by atoms with van der Waals surface area (Å²) in [6, 6.07) is 1.58. The highest BCUT2D eigenvalue weighted by atomic mass is 16.6. The first-order valence-corrected chi connectivity index (χ1v) is 4.95. The van der Waals surface area contributed by atoms with Gasteiger partial charge in [0.1, 0.15) is 12.2 Å². The fraction of sp³-hybridized carbons (Fsp3) is 0.667. The predicted molar refractivity (Wildman–Crippen MR) is 51.3 cm³/mol. The second-order valence-corrected chi connectivity index (χ2v) is 3.77. The van der Waals surface area contributed by atoms with Gasteiger partial charge in [-0.2, -0.15) is 5.10 Å². The summed E-state index contributed by atoms with van der Waals surface area (Å²) >= 11 is 0. The average molecular weight is 230 g/mol. The summed E-state index contributed by atoms with van der Waals surface area (Å²) in [4.78, 5) is 0. The van der Waals surface area contributed by atoms with E-state index in [0.29, 0.717) is 5.69 Å². The third kappa shape index (κ3) is 1.83. The van der Waals surface area contributed by atoms with E-state index in [9.17, 15) is 15.3 Å². The van der Waals surface area contributed by atoms with E-state index in [-0.39, 0.29) is 0 Å². The maximum Gasteiger partial charge on any atom is 0.166 e. The van der Waals surface area contributed by atoms with Gasteiger partial charge in [-0.05, 0) is 6.07 Å². The van der Waals surface area contributed by atoms with Crippen molar-refractivity contribution in [3.63, 3.8) is 0 Å². The third-order valence-corrected chi connectivity index (χ3v) is 2.78. The Labute approximate surface area is 91.3 Å². The number of aromatic nitrogens is 2. The molecule has 16 heavy (non-hydrogen) atoms. The number of aromatic amines is 1. The Balaban J connectivity index is 2.21. The van der Waals surface area contributed by atoms with Crippen molar-refractivity contribution in [2.75, 3.05) is 6.61 Å². The summed E-state index contributed by atoms with van der Waals surface area (Å²) in [5, 5.41) is 44.3. The molecule has 0 aliphatic carbocycles. The highest BCUT2D eigenvalue weighted by molar-refractivity contribution is 5.12. The van der Waals surface area contributed by atoms with E-state index >= 15 is 0 Å². The Morgan fingerprint density at radius 1 is 1.31 bits per heavy atom. The van der Waals surface area contributed by atoms with E-state index in [2.05, 4.69) is 10.2 Å². The normalized spacial score (nSPS) is 39.9. The van der Waals surface area contributed by atoms with Gasteiger partial charge in [-0.25, -0.2) is 0 Å². The monoisotopic (exact) mass is 230 g/mol. The van der Waals surface area contributed by atoms with Crippen LogP contribution in [0.5, 0.6) is 0 Å². The molecule has 1 aromatic heterocycles. The molecule has 0 aromatic carbocycles. The largest absolute Gasteiger partial charge is 0.394 e. The summed E-state index contributed by atoms with van der Waals surface area (Å²) in [6.07, 6.45) is -3.28. The zero-order valence-electron chi connectivity index (χ0n) is 8.39. The van der Waals surface area contributed by atoms with Gasteiger partial charge in [0.25, 0.3) is 0 Å². The molecule has 7 nitrogen and oxygen atoms in total. The van der Waals surface area contributed by atoms with E-state index in [4.69, 9.17) is 9.84 Å². The summed E-state index contributed by atoms with van der Waals surface area (Å²) in [5.41, 5.74) is 0.468. The molecule has 0 radical (unpaired) electrons. The molecule has 1 aromatic rings. The van der Waals surface area contributed by atoms with Crippen molar-refractivity contribution in [2.45, 2.75) is 30.5 Å². The Kier molecular flexibility index (Phi) is 3.22. The molecule has 1 aliphatic rings. The number of ether oxygens (including phenoxy) is 1. The minimum atomic E-state index is -1.30. The maximum absolute atomic E-state index is 9.83.